The summed E-state index contributed by atoms with van der Waals surface area (Å²) in [7, 11) is 1.33. The molecule has 1 N–H and O–H groups in total. The Hall–Kier alpha value is -3.14. The van der Waals surface area contributed by atoms with E-state index in [-0.39, 0.29) is 11.9 Å². The molecule has 0 atom stereocenters. The number of unbranched alkanes of at least 4 members (excludes halogenated alkanes) is 1. The maximum absolute atomic E-state index is 10.3. The molecule has 0 rings (SSSR count). The van der Waals surface area contributed by atoms with E-state index in [0.29, 0.717) is 12.2 Å². The number of esters is 2. The molecule has 140 valence electrons. The molecule has 0 aromatic heterocycles. The quantitative estimate of drug-likeness (QED) is 0.337. The Kier molecular flexibility index (Phi) is 30.8. The van der Waals surface area contributed by atoms with E-state index in [1.54, 1.807) is 13.0 Å². The largest absolute Gasteiger partial charge is 0.478 e. The first-order valence-corrected chi connectivity index (χ1v) is 7.07. The van der Waals surface area contributed by atoms with Crippen LogP contribution in [0.1, 0.15) is 26.7 Å². The number of carbonyl (C=O) groups is 3. The van der Waals surface area contributed by atoms with E-state index in [0.717, 1.165) is 18.9 Å². The zero-order chi connectivity index (χ0) is 20.7. The van der Waals surface area contributed by atoms with E-state index in [1.165, 1.54) is 19.3 Å². The molecule has 0 aliphatic heterocycles. The smallest absolute Gasteiger partial charge is 0.332 e. The minimum atomic E-state index is -0.981. The van der Waals surface area contributed by atoms with Crippen molar-refractivity contribution in [3.63, 3.8) is 0 Å². The normalized spacial score (nSPS) is 7.12. The summed E-state index contributed by atoms with van der Waals surface area (Å²) in [6, 6.07) is 1.69. The van der Waals surface area contributed by atoms with Gasteiger partial charge in [-0.05, 0) is 13.3 Å². The van der Waals surface area contributed by atoms with E-state index in [1.807, 2.05) is 6.92 Å². The van der Waals surface area contributed by atoms with Crippen LogP contribution in [0.4, 0.5) is 0 Å². The Morgan fingerprint density at radius 1 is 1.20 bits per heavy atom. The van der Waals surface area contributed by atoms with Gasteiger partial charge in [-0.1, -0.05) is 39.7 Å². The van der Waals surface area contributed by atoms with Gasteiger partial charge < -0.3 is 14.6 Å². The molecule has 7 heteroatoms. The Morgan fingerprint density at radius 2 is 1.64 bits per heavy atom. The lowest BCUT2D eigenvalue weighted by Gasteiger charge is -1.97. The van der Waals surface area contributed by atoms with Gasteiger partial charge in [0.05, 0.1) is 19.8 Å². The van der Waals surface area contributed by atoms with Crippen LogP contribution in [0.25, 0.3) is 0 Å². The second-order valence-corrected chi connectivity index (χ2v) is 3.87. The highest BCUT2D eigenvalue weighted by Crippen LogP contribution is 1.88. The van der Waals surface area contributed by atoms with Crippen molar-refractivity contribution in [1.82, 2.24) is 0 Å². The van der Waals surface area contributed by atoms with E-state index in [9.17, 15) is 14.4 Å². The molecule has 0 saturated heterocycles. The Bertz CT molecular complexity index is 474. The highest BCUT2D eigenvalue weighted by atomic mass is 16.5. The molecule has 0 fully saturated rings. The van der Waals surface area contributed by atoms with Crippen molar-refractivity contribution in [2.75, 3.05) is 13.7 Å². The second-order valence-electron chi connectivity index (χ2n) is 3.87. The van der Waals surface area contributed by atoms with E-state index >= 15 is 0 Å². The number of nitrogens with zero attached hydrogens (tertiary/aromatic N) is 1. The van der Waals surface area contributed by atoms with Crippen LogP contribution in [0.15, 0.2) is 50.1 Å². The molecule has 25 heavy (non-hydrogen) atoms. The van der Waals surface area contributed by atoms with E-state index < -0.39 is 5.97 Å². The number of rotatable bonds is 6. The maximum atomic E-state index is 10.3. The van der Waals surface area contributed by atoms with Crippen LogP contribution in [0, 0.1) is 11.3 Å². The molecule has 7 nitrogen and oxygen atoms in total. The number of methoxy groups -OCH3 is 1. The molecule has 0 heterocycles. The predicted molar refractivity (Wildman–Crippen MR) is 96.5 cm³/mol. The molecule has 0 spiro atoms. The van der Waals surface area contributed by atoms with Crippen molar-refractivity contribution < 1.29 is 29.0 Å². The van der Waals surface area contributed by atoms with Crippen molar-refractivity contribution in [2.45, 2.75) is 26.7 Å². The number of aliphatic carboxylic acids is 1. The van der Waals surface area contributed by atoms with Gasteiger partial charge in [0.2, 0.25) is 0 Å². The van der Waals surface area contributed by atoms with E-state index in [2.05, 4.69) is 35.8 Å². The number of hydrogen-bond donors (Lipinski definition) is 1. The number of carbonyl (C=O) groups excluding carboxylic acids is 2. The summed E-state index contributed by atoms with van der Waals surface area (Å²) in [5.41, 5.74) is 0.433. The molecule has 0 aliphatic rings. The van der Waals surface area contributed by atoms with Crippen LogP contribution < -0.4 is 0 Å². The zero-order valence-electron chi connectivity index (χ0n) is 15.1. The summed E-state index contributed by atoms with van der Waals surface area (Å²) in [6.07, 6.45) is 5.17. The third kappa shape index (κ3) is 44.9. The van der Waals surface area contributed by atoms with Crippen molar-refractivity contribution in [3.8, 4) is 6.07 Å². The number of carboxylic acid groups (broad SMARTS) is 1. The van der Waals surface area contributed by atoms with Gasteiger partial charge in [0.1, 0.15) is 0 Å². The van der Waals surface area contributed by atoms with Gasteiger partial charge in [0.15, 0.2) is 0 Å². The molecule has 0 aromatic carbocycles. The third-order valence-electron chi connectivity index (χ3n) is 1.71. The molecule has 0 unspecified atom stereocenters. The standard InChI is InChI=1S/C7H12O2.C5H8O2.C3H3N.C3H4O2/c1-3-5-6-9-7(8)4-2;1-4(2)5(6)7-3;1-2-3-4;1-2-3(4)5/h4H,2-3,5-6H2,1H3;1H2,2-3H3;2H,1H2;2H,1H2,(H,4,5). The summed E-state index contributed by atoms with van der Waals surface area (Å²) >= 11 is 0. The lowest BCUT2D eigenvalue weighted by atomic mass is 10.4. The van der Waals surface area contributed by atoms with Crippen molar-refractivity contribution >= 4 is 17.9 Å². The van der Waals surface area contributed by atoms with Crippen LogP contribution in [-0.4, -0.2) is 36.7 Å². The van der Waals surface area contributed by atoms with Crippen molar-refractivity contribution in [2.24, 2.45) is 0 Å². The number of hydrogen-bond acceptors (Lipinski definition) is 6. The van der Waals surface area contributed by atoms with Gasteiger partial charge in [0.25, 0.3) is 0 Å². The fraction of sp³-hybridized carbons (Fsp3) is 0.333. The van der Waals surface area contributed by atoms with Crippen molar-refractivity contribution in [1.29, 1.82) is 5.26 Å². The lowest BCUT2D eigenvalue weighted by molar-refractivity contribution is -0.138. The first kappa shape index (κ1) is 29.8. The average molecular weight is 353 g/mol. The highest BCUT2D eigenvalue weighted by Gasteiger charge is 1.95. The van der Waals surface area contributed by atoms with E-state index in [4.69, 9.17) is 10.4 Å². The van der Waals surface area contributed by atoms with Crippen LogP contribution in [0.2, 0.25) is 0 Å². The van der Waals surface area contributed by atoms with Crippen molar-refractivity contribution in [3.05, 3.63) is 50.1 Å². The van der Waals surface area contributed by atoms with Crippen LogP contribution in [-0.2, 0) is 23.9 Å². The van der Waals surface area contributed by atoms with Gasteiger partial charge in [-0.25, -0.2) is 14.4 Å². The first-order valence-electron chi connectivity index (χ1n) is 7.07. The number of carboxylic acids is 1. The Labute approximate surface area is 149 Å². The van der Waals surface area contributed by atoms with Gasteiger partial charge >= 0.3 is 17.9 Å². The second kappa shape index (κ2) is 25.8. The Morgan fingerprint density at radius 3 is 1.80 bits per heavy atom. The monoisotopic (exact) mass is 353 g/mol. The molecule has 0 bridgehead atoms. The van der Waals surface area contributed by atoms with Gasteiger partial charge in [0, 0.05) is 23.8 Å². The molecular formula is C18H27NO6. The summed E-state index contributed by atoms with van der Waals surface area (Å²) in [6.45, 7) is 16.9. The molecule has 0 aromatic rings. The molecule has 0 radical (unpaired) electrons. The van der Waals surface area contributed by atoms with Crippen LogP contribution >= 0.6 is 0 Å². The minimum absolute atomic E-state index is 0.330. The average Bonchev–Trinajstić information content (AvgIpc) is 2.61. The number of ether oxygens (including phenoxy) is 2. The molecule has 0 saturated carbocycles. The van der Waals surface area contributed by atoms with Gasteiger partial charge in [-0.2, -0.15) is 5.26 Å². The fourth-order valence-electron chi connectivity index (χ4n) is 0.550. The SMILES string of the molecule is C=C(C)C(=O)OC.C=CC#N.C=CC(=O)O.C=CC(=O)OCCCC. The van der Waals surface area contributed by atoms with Gasteiger partial charge in [-0.3, -0.25) is 0 Å². The molecular weight excluding hydrogens is 326 g/mol. The zero-order valence-corrected chi connectivity index (χ0v) is 15.1. The highest BCUT2D eigenvalue weighted by molar-refractivity contribution is 5.86. The number of allylic oxidation sites excluding steroid dienone is 1. The topological polar surface area (TPSA) is 114 Å². The summed E-state index contributed by atoms with van der Waals surface area (Å²) in [5.74, 6) is -1.66. The molecule has 0 aliphatic carbocycles. The summed E-state index contributed by atoms with van der Waals surface area (Å²) < 4.78 is 8.95. The summed E-state index contributed by atoms with van der Waals surface area (Å²) in [5, 5.41) is 15.1. The minimum Gasteiger partial charge on any atom is -0.478 e. The van der Waals surface area contributed by atoms with Crippen LogP contribution in [0.3, 0.4) is 0 Å². The third-order valence-corrected chi connectivity index (χ3v) is 1.71. The van der Waals surface area contributed by atoms with Crippen LogP contribution in [0.5, 0.6) is 0 Å². The van der Waals surface area contributed by atoms with Gasteiger partial charge in [-0.15, -0.1) is 0 Å². The fourth-order valence-corrected chi connectivity index (χ4v) is 0.550. The number of nitriles is 1. The first-order chi connectivity index (χ1) is 11.7. The summed E-state index contributed by atoms with van der Waals surface area (Å²) in [4.78, 5) is 29.8. The lowest BCUT2D eigenvalue weighted by Crippen LogP contribution is -2.00. The Balaban J connectivity index is -0.000000123. The predicted octanol–water partition coefficient (Wildman–Crippen LogP) is 3.20. The maximum Gasteiger partial charge on any atom is 0.332 e. The molecule has 0 amide bonds.